The van der Waals surface area contributed by atoms with Gasteiger partial charge in [-0.25, -0.2) is 0 Å². The van der Waals surface area contributed by atoms with Crippen molar-refractivity contribution in [1.82, 2.24) is 20.1 Å². The molecule has 150 valence electrons. The zero-order valence-electron chi connectivity index (χ0n) is 15.8. The van der Waals surface area contributed by atoms with Gasteiger partial charge in [0.05, 0.1) is 6.54 Å². The molecule has 1 aromatic heterocycles. The monoisotopic (exact) mass is 513 g/mol. The van der Waals surface area contributed by atoms with Crippen molar-refractivity contribution in [3.8, 4) is 0 Å². The van der Waals surface area contributed by atoms with Gasteiger partial charge in [0.1, 0.15) is 0 Å². The van der Waals surface area contributed by atoms with E-state index in [0.29, 0.717) is 24.7 Å². The van der Waals surface area contributed by atoms with E-state index in [0.717, 1.165) is 31.0 Å². The van der Waals surface area contributed by atoms with Gasteiger partial charge in [0.2, 0.25) is 5.91 Å². The lowest BCUT2D eigenvalue weighted by Crippen LogP contribution is -2.55. The van der Waals surface area contributed by atoms with Crippen LogP contribution >= 0.6 is 35.6 Å². The second kappa shape index (κ2) is 11.2. The summed E-state index contributed by atoms with van der Waals surface area (Å²) in [5.74, 6) is 0.866. The summed E-state index contributed by atoms with van der Waals surface area (Å²) in [4.78, 5) is 24.9. The molecule has 1 aromatic carbocycles. The zero-order chi connectivity index (χ0) is 19.1. The van der Waals surface area contributed by atoms with Gasteiger partial charge in [0.15, 0.2) is 5.96 Å². The van der Waals surface area contributed by atoms with Crippen molar-refractivity contribution in [2.24, 2.45) is 4.99 Å². The predicted octanol–water partition coefficient (Wildman–Crippen LogP) is 2.82. The largest absolute Gasteiger partial charge is 0.356 e. The minimum absolute atomic E-state index is 0. The molecule has 1 amide bonds. The minimum atomic E-state index is 0. The lowest BCUT2D eigenvalue weighted by Gasteiger charge is -2.36. The standard InChI is InChI=1S/C20H24ClN5O.HI/c1-22-20(24-10-8-16-3-2-9-23-13-16)26-12-11-25(19(27)15-26)14-17-4-6-18(21)7-5-17;/h2-7,9,13H,8,10-12,14-15H2,1H3,(H,22,24);1H. The van der Waals surface area contributed by atoms with Gasteiger partial charge in [-0.3, -0.25) is 14.8 Å². The Morgan fingerprint density at radius 3 is 2.64 bits per heavy atom. The third kappa shape index (κ3) is 6.34. The number of nitrogens with one attached hydrogen (secondary N) is 1. The average Bonchev–Trinajstić information content (AvgIpc) is 2.69. The maximum absolute atomic E-state index is 12.6. The number of hydrogen-bond acceptors (Lipinski definition) is 3. The third-order valence-electron chi connectivity index (χ3n) is 4.54. The first-order valence-electron chi connectivity index (χ1n) is 9.02. The topological polar surface area (TPSA) is 60.8 Å². The van der Waals surface area contributed by atoms with Crippen molar-refractivity contribution in [1.29, 1.82) is 0 Å². The Balaban J connectivity index is 0.00000280. The van der Waals surface area contributed by atoms with E-state index in [1.807, 2.05) is 46.3 Å². The maximum atomic E-state index is 12.6. The van der Waals surface area contributed by atoms with Gasteiger partial charge < -0.3 is 15.1 Å². The number of rotatable bonds is 5. The molecule has 2 heterocycles. The fourth-order valence-corrected chi connectivity index (χ4v) is 3.19. The summed E-state index contributed by atoms with van der Waals surface area (Å²) >= 11 is 5.92. The van der Waals surface area contributed by atoms with Crippen molar-refractivity contribution in [2.45, 2.75) is 13.0 Å². The molecule has 2 aromatic rings. The number of piperazine rings is 1. The molecule has 0 atom stereocenters. The van der Waals surface area contributed by atoms with Crippen LogP contribution in [-0.2, 0) is 17.8 Å². The Morgan fingerprint density at radius 2 is 2.00 bits per heavy atom. The Morgan fingerprint density at radius 1 is 1.21 bits per heavy atom. The summed E-state index contributed by atoms with van der Waals surface area (Å²) < 4.78 is 0. The van der Waals surface area contributed by atoms with Crippen LogP contribution in [0.3, 0.4) is 0 Å². The van der Waals surface area contributed by atoms with Crippen LogP contribution in [0.2, 0.25) is 5.02 Å². The molecule has 0 bridgehead atoms. The normalized spacial score (nSPS) is 14.6. The molecule has 1 aliphatic heterocycles. The van der Waals surface area contributed by atoms with Crippen molar-refractivity contribution < 1.29 is 4.79 Å². The summed E-state index contributed by atoms with van der Waals surface area (Å²) in [6, 6.07) is 11.6. The molecule has 3 rings (SSSR count). The van der Waals surface area contributed by atoms with Crippen molar-refractivity contribution in [3.63, 3.8) is 0 Å². The molecule has 8 heteroatoms. The third-order valence-corrected chi connectivity index (χ3v) is 4.79. The Bertz CT molecular complexity index is 785. The first-order chi connectivity index (χ1) is 13.2. The molecule has 0 radical (unpaired) electrons. The number of benzene rings is 1. The Hall–Kier alpha value is -1.87. The SMILES string of the molecule is CN=C(NCCc1cccnc1)N1CCN(Cc2ccc(Cl)cc2)C(=O)C1.I. The van der Waals surface area contributed by atoms with E-state index < -0.39 is 0 Å². The summed E-state index contributed by atoms with van der Waals surface area (Å²) in [6.07, 6.45) is 4.49. The van der Waals surface area contributed by atoms with Crippen LogP contribution in [0.4, 0.5) is 0 Å². The number of aliphatic imine (C=N–C) groups is 1. The van der Waals surface area contributed by atoms with E-state index in [1.165, 1.54) is 5.56 Å². The summed E-state index contributed by atoms with van der Waals surface area (Å²) in [5.41, 5.74) is 2.25. The summed E-state index contributed by atoms with van der Waals surface area (Å²) in [6.45, 7) is 3.12. The van der Waals surface area contributed by atoms with Gasteiger partial charge in [-0.2, -0.15) is 0 Å². The first-order valence-corrected chi connectivity index (χ1v) is 9.40. The molecule has 0 unspecified atom stereocenters. The van der Waals surface area contributed by atoms with Crippen molar-refractivity contribution in [2.75, 3.05) is 33.2 Å². The van der Waals surface area contributed by atoms with Crippen molar-refractivity contribution >= 4 is 47.4 Å². The van der Waals surface area contributed by atoms with E-state index in [9.17, 15) is 4.79 Å². The van der Waals surface area contributed by atoms with Crippen LogP contribution in [0.1, 0.15) is 11.1 Å². The maximum Gasteiger partial charge on any atom is 0.242 e. The van der Waals surface area contributed by atoms with Gasteiger partial charge in [0, 0.05) is 50.6 Å². The second-order valence-electron chi connectivity index (χ2n) is 6.45. The lowest BCUT2D eigenvalue weighted by molar-refractivity contribution is -0.135. The average molecular weight is 514 g/mol. The molecule has 28 heavy (non-hydrogen) atoms. The molecule has 0 spiro atoms. The predicted molar refractivity (Wildman–Crippen MR) is 123 cm³/mol. The highest BCUT2D eigenvalue weighted by Gasteiger charge is 2.25. The highest BCUT2D eigenvalue weighted by Crippen LogP contribution is 2.13. The van der Waals surface area contributed by atoms with E-state index in [4.69, 9.17) is 11.6 Å². The molecule has 0 aliphatic carbocycles. The van der Waals surface area contributed by atoms with Crippen LogP contribution in [-0.4, -0.2) is 59.9 Å². The molecule has 1 fully saturated rings. The van der Waals surface area contributed by atoms with Gasteiger partial charge >= 0.3 is 0 Å². The van der Waals surface area contributed by atoms with Crippen LogP contribution in [0.15, 0.2) is 53.8 Å². The molecule has 1 N–H and O–H groups in total. The van der Waals surface area contributed by atoms with E-state index >= 15 is 0 Å². The number of pyridine rings is 1. The number of hydrogen-bond donors (Lipinski definition) is 1. The van der Waals surface area contributed by atoms with Gasteiger partial charge in [0.25, 0.3) is 0 Å². The Kier molecular flexibility index (Phi) is 8.98. The molecule has 0 saturated carbocycles. The van der Waals surface area contributed by atoms with Gasteiger partial charge in [-0.1, -0.05) is 29.8 Å². The number of guanidine groups is 1. The fourth-order valence-electron chi connectivity index (χ4n) is 3.06. The van der Waals surface area contributed by atoms with Crippen LogP contribution in [0.5, 0.6) is 0 Å². The van der Waals surface area contributed by atoms with E-state index in [2.05, 4.69) is 21.4 Å². The van der Waals surface area contributed by atoms with E-state index in [1.54, 1.807) is 13.2 Å². The molecule has 6 nitrogen and oxygen atoms in total. The smallest absolute Gasteiger partial charge is 0.242 e. The fraction of sp³-hybridized carbons (Fsp3) is 0.350. The number of carbonyl (C=O) groups excluding carboxylic acids is 1. The molecular weight excluding hydrogens is 489 g/mol. The lowest BCUT2D eigenvalue weighted by atomic mass is 10.2. The highest BCUT2D eigenvalue weighted by molar-refractivity contribution is 14.0. The van der Waals surface area contributed by atoms with Gasteiger partial charge in [-0.05, 0) is 35.7 Å². The first kappa shape index (κ1) is 22.4. The van der Waals surface area contributed by atoms with Crippen LogP contribution in [0.25, 0.3) is 0 Å². The Labute approximate surface area is 188 Å². The molecular formula is C20H25ClIN5O. The number of carbonyl (C=O) groups is 1. The van der Waals surface area contributed by atoms with E-state index in [-0.39, 0.29) is 29.9 Å². The highest BCUT2D eigenvalue weighted by atomic mass is 127. The van der Waals surface area contributed by atoms with Crippen LogP contribution < -0.4 is 5.32 Å². The van der Waals surface area contributed by atoms with Crippen molar-refractivity contribution in [3.05, 3.63) is 64.9 Å². The number of nitrogens with zero attached hydrogens (tertiary/aromatic N) is 4. The quantitative estimate of drug-likeness (QED) is 0.380. The second-order valence-corrected chi connectivity index (χ2v) is 6.89. The van der Waals surface area contributed by atoms with Crippen LogP contribution in [0, 0.1) is 0 Å². The molecule has 1 aliphatic rings. The number of amides is 1. The zero-order valence-corrected chi connectivity index (χ0v) is 18.9. The number of halogens is 2. The number of aromatic nitrogens is 1. The molecule has 1 saturated heterocycles. The van der Waals surface area contributed by atoms with Gasteiger partial charge in [-0.15, -0.1) is 24.0 Å². The minimum Gasteiger partial charge on any atom is -0.356 e. The summed E-state index contributed by atoms with van der Waals surface area (Å²) in [5, 5.41) is 4.05. The summed E-state index contributed by atoms with van der Waals surface area (Å²) in [7, 11) is 1.75.